The van der Waals surface area contributed by atoms with E-state index in [1.54, 1.807) is 17.0 Å². The SMILES string of the molecule is Cc1cc(C)c(C(=O)N2CCCN(C(=O)c3ccco3)CC2)c(C)c1. The molecule has 0 radical (unpaired) electrons. The van der Waals surface area contributed by atoms with Gasteiger partial charge in [-0.1, -0.05) is 17.7 Å². The molecule has 2 heterocycles. The van der Waals surface area contributed by atoms with E-state index in [-0.39, 0.29) is 11.8 Å². The molecule has 5 nitrogen and oxygen atoms in total. The molecule has 2 aromatic rings. The fourth-order valence-corrected chi connectivity index (χ4v) is 3.56. The Hall–Kier alpha value is -2.56. The van der Waals surface area contributed by atoms with Gasteiger partial charge >= 0.3 is 0 Å². The number of carbonyl (C=O) groups is 2. The number of nitrogens with zero attached hydrogens (tertiary/aromatic N) is 2. The largest absolute Gasteiger partial charge is 0.459 e. The van der Waals surface area contributed by atoms with Gasteiger partial charge < -0.3 is 14.2 Å². The summed E-state index contributed by atoms with van der Waals surface area (Å²) in [6, 6.07) is 7.48. The number of benzene rings is 1. The number of rotatable bonds is 2. The van der Waals surface area contributed by atoms with Gasteiger partial charge in [0.2, 0.25) is 0 Å². The van der Waals surface area contributed by atoms with Gasteiger partial charge in [-0.25, -0.2) is 0 Å². The summed E-state index contributed by atoms with van der Waals surface area (Å²) in [7, 11) is 0. The highest BCUT2D eigenvalue weighted by Crippen LogP contribution is 2.20. The van der Waals surface area contributed by atoms with Gasteiger partial charge in [0.15, 0.2) is 5.76 Å². The Morgan fingerprint density at radius 1 is 0.920 bits per heavy atom. The average Bonchev–Trinajstić information content (AvgIpc) is 2.97. The highest BCUT2D eigenvalue weighted by Gasteiger charge is 2.26. The Morgan fingerprint density at radius 2 is 1.52 bits per heavy atom. The number of aryl methyl sites for hydroxylation is 3. The summed E-state index contributed by atoms with van der Waals surface area (Å²) in [5, 5.41) is 0. The topological polar surface area (TPSA) is 53.8 Å². The highest BCUT2D eigenvalue weighted by molar-refractivity contribution is 5.97. The van der Waals surface area contributed by atoms with Crippen molar-refractivity contribution in [2.45, 2.75) is 27.2 Å². The summed E-state index contributed by atoms with van der Waals surface area (Å²) in [5.74, 6) is 0.300. The van der Waals surface area contributed by atoms with E-state index < -0.39 is 0 Å². The van der Waals surface area contributed by atoms with Crippen molar-refractivity contribution >= 4 is 11.8 Å². The Kier molecular flexibility index (Phi) is 4.93. The summed E-state index contributed by atoms with van der Waals surface area (Å²) < 4.78 is 5.20. The molecule has 1 fully saturated rings. The van der Waals surface area contributed by atoms with Gasteiger partial charge in [0.25, 0.3) is 11.8 Å². The minimum atomic E-state index is -0.109. The number of hydrogen-bond donors (Lipinski definition) is 0. The Morgan fingerprint density at radius 3 is 2.08 bits per heavy atom. The van der Waals surface area contributed by atoms with E-state index >= 15 is 0 Å². The van der Waals surface area contributed by atoms with Crippen LogP contribution in [0, 0.1) is 20.8 Å². The average molecular weight is 340 g/mol. The van der Waals surface area contributed by atoms with Crippen molar-refractivity contribution < 1.29 is 14.0 Å². The zero-order valence-corrected chi connectivity index (χ0v) is 15.0. The molecule has 1 saturated heterocycles. The number of amides is 2. The fourth-order valence-electron chi connectivity index (χ4n) is 3.56. The summed E-state index contributed by atoms with van der Waals surface area (Å²) >= 11 is 0. The predicted octanol–water partition coefficient (Wildman–Crippen LogP) is 3.19. The van der Waals surface area contributed by atoms with E-state index in [9.17, 15) is 9.59 Å². The van der Waals surface area contributed by atoms with Crippen molar-refractivity contribution in [3.63, 3.8) is 0 Å². The van der Waals surface area contributed by atoms with E-state index in [2.05, 4.69) is 0 Å². The van der Waals surface area contributed by atoms with Crippen molar-refractivity contribution in [1.29, 1.82) is 0 Å². The van der Waals surface area contributed by atoms with Crippen molar-refractivity contribution in [3.05, 3.63) is 58.5 Å². The van der Waals surface area contributed by atoms with Gasteiger partial charge in [0, 0.05) is 31.7 Å². The molecular formula is C20H24N2O3. The van der Waals surface area contributed by atoms with Gasteiger partial charge in [-0.15, -0.1) is 0 Å². The molecule has 1 aliphatic heterocycles. The number of furan rings is 1. The maximum absolute atomic E-state index is 13.0. The highest BCUT2D eigenvalue weighted by atomic mass is 16.3. The van der Waals surface area contributed by atoms with Crippen LogP contribution >= 0.6 is 0 Å². The third-order valence-corrected chi connectivity index (χ3v) is 4.69. The molecule has 132 valence electrons. The summed E-state index contributed by atoms with van der Waals surface area (Å²) in [6.07, 6.45) is 2.27. The molecule has 0 unspecified atom stereocenters. The minimum Gasteiger partial charge on any atom is -0.459 e. The molecule has 2 amide bonds. The summed E-state index contributed by atoms with van der Waals surface area (Å²) in [6.45, 7) is 8.36. The lowest BCUT2D eigenvalue weighted by molar-refractivity contribution is 0.0699. The second kappa shape index (κ2) is 7.13. The van der Waals surface area contributed by atoms with Crippen molar-refractivity contribution in [2.24, 2.45) is 0 Å². The van der Waals surface area contributed by atoms with Crippen LogP contribution in [0.4, 0.5) is 0 Å². The molecule has 3 rings (SSSR count). The van der Waals surface area contributed by atoms with Gasteiger partial charge in [-0.05, 0) is 50.5 Å². The zero-order chi connectivity index (χ0) is 18.0. The van der Waals surface area contributed by atoms with Gasteiger partial charge in [-0.3, -0.25) is 9.59 Å². The van der Waals surface area contributed by atoms with E-state index in [1.165, 1.54) is 6.26 Å². The lowest BCUT2D eigenvalue weighted by Crippen LogP contribution is -2.37. The molecule has 1 aromatic heterocycles. The van der Waals surface area contributed by atoms with Crippen LogP contribution < -0.4 is 0 Å². The van der Waals surface area contributed by atoms with Crippen LogP contribution in [-0.4, -0.2) is 47.8 Å². The molecule has 0 spiro atoms. The molecule has 0 N–H and O–H groups in total. The number of hydrogen-bond acceptors (Lipinski definition) is 3. The molecule has 0 saturated carbocycles. The first-order chi connectivity index (χ1) is 12.0. The standard InChI is InChI=1S/C20H24N2O3/c1-14-12-15(2)18(16(3)13-14)20(24)22-8-5-7-21(9-10-22)19(23)17-6-4-11-25-17/h4,6,11-13H,5,7-10H2,1-3H3. The molecule has 5 heteroatoms. The molecule has 1 aromatic carbocycles. The lowest BCUT2D eigenvalue weighted by atomic mass is 9.98. The van der Waals surface area contributed by atoms with Crippen LogP contribution in [0.2, 0.25) is 0 Å². The van der Waals surface area contributed by atoms with Gasteiger partial charge in [-0.2, -0.15) is 0 Å². The predicted molar refractivity (Wildman–Crippen MR) is 95.8 cm³/mol. The molecule has 25 heavy (non-hydrogen) atoms. The molecule has 0 atom stereocenters. The van der Waals surface area contributed by atoms with Crippen LogP contribution in [0.15, 0.2) is 34.9 Å². The van der Waals surface area contributed by atoms with Gasteiger partial charge in [0.1, 0.15) is 0 Å². The fraction of sp³-hybridized carbons (Fsp3) is 0.400. The lowest BCUT2D eigenvalue weighted by Gasteiger charge is -2.23. The first-order valence-corrected chi connectivity index (χ1v) is 8.67. The third kappa shape index (κ3) is 3.60. The molecule has 1 aliphatic rings. The Bertz CT molecular complexity index is 757. The molecular weight excluding hydrogens is 316 g/mol. The zero-order valence-electron chi connectivity index (χ0n) is 15.0. The smallest absolute Gasteiger partial charge is 0.289 e. The van der Waals surface area contributed by atoms with Crippen LogP contribution in [-0.2, 0) is 0 Å². The first-order valence-electron chi connectivity index (χ1n) is 8.67. The minimum absolute atomic E-state index is 0.0577. The monoisotopic (exact) mass is 340 g/mol. The van der Waals surface area contributed by atoms with Crippen LogP contribution in [0.5, 0.6) is 0 Å². The van der Waals surface area contributed by atoms with Crippen LogP contribution in [0.25, 0.3) is 0 Å². The van der Waals surface area contributed by atoms with Gasteiger partial charge in [0.05, 0.1) is 6.26 Å². The quantitative estimate of drug-likeness (QED) is 0.844. The maximum atomic E-state index is 13.0. The van der Waals surface area contributed by atoms with E-state index in [4.69, 9.17) is 4.42 Å². The van der Waals surface area contributed by atoms with Crippen molar-refractivity contribution in [2.75, 3.05) is 26.2 Å². The van der Waals surface area contributed by atoms with E-state index in [0.717, 1.165) is 28.7 Å². The van der Waals surface area contributed by atoms with Crippen LogP contribution in [0.1, 0.15) is 44.0 Å². The second-order valence-electron chi connectivity index (χ2n) is 6.69. The normalized spacial score (nSPS) is 15.2. The Labute approximate surface area is 148 Å². The number of carbonyl (C=O) groups excluding carboxylic acids is 2. The van der Waals surface area contributed by atoms with Crippen molar-refractivity contribution in [1.82, 2.24) is 9.80 Å². The van der Waals surface area contributed by atoms with E-state index in [1.807, 2.05) is 37.8 Å². The third-order valence-electron chi connectivity index (χ3n) is 4.69. The summed E-state index contributed by atoms with van der Waals surface area (Å²) in [5.41, 5.74) is 3.97. The first kappa shape index (κ1) is 17.3. The molecule has 0 bridgehead atoms. The summed E-state index contributed by atoms with van der Waals surface area (Å²) in [4.78, 5) is 29.1. The second-order valence-corrected chi connectivity index (χ2v) is 6.69. The molecule has 0 aliphatic carbocycles. The maximum Gasteiger partial charge on any atom is 0.289 e. The van der Waals surface area contributed by atoms with Crippen molar-refractivity contribution in [3.8, 4) is 0 Å². The van der Waals surface area contributed by atoms with E-state index in [0.29, 0.717) is 31.9 Å². The Balaban J connectivity index is 1.73. The van der Waals surface area contributed by atoms with Crippen LogP contribution in [0.3, 0.4) is 0 Å².